The van der Waals surface area contributed by atoms with Crippen LogP contribution in [0.3, 0.4) is 0 Å². The van der Waals surface area contributed by atoms with Gasteiger partial charge < -0.3 is 24.9 Å². The van der Waals surface area contributed by atoms with Crippen LogP contribution in [0.5, 0.6) is 5.75 Å². The van der Waals surface area contributed by atoms with Gasteiger partial charge in [0.15, 0.2) is 0 Å². The summed E-state index contributed by atoms with van der Waals surface area (Å²) in [5, 5.41) is 23.5. The Hall–Kier alpha value is -3.10. The highest BCUT2D eigenvalue weighted by molar-refractivity contribution is 6.00. The fourth-order valence-electron chi connectivity index (χ4n) is 7.28. The van der Waals surface area contributed by atoms with Crippen LogP contribution in [0.15, 0.2) is 28.7 Å². The van der Waals surface area contributed by atoms with E-state index in [-0.39, 0.29) is 23.5 Å². The number of hydrogen-bond acceptors (Lipinski definition) is 7. The molecule has 1 aromatic carbocycles. The van der Waals surface area contributed by atoms with E-state index >= 15 is 0 Å². The highest BCUT2D eigenvalue weighted by Gasteiger charge is 2.51. The number of rotatable bonds is 7. The first-order valence-corrected chi connectivity index (χ1v) is 12.9. The third-order valence-corrected chi connectivity index (χ3v) is 8.47. The average Bonchev–Trinajstić information content (AvgIpc) is 3.28. The summed E-state index contributed by atoms with van der Waals surface area (Å²) in [6.45, 7) is 0. The zero-order valence-corrected chi connectivity index (χ0v) is 19.7. The smallest absolute Gasteiger partial charge is 0.316 e. The number of benzene rings is 1. The summed E-state index contributed by atoms with van der Waals surface area (Å²) in [6, 6.07) is 7.46. The second-order valence-electron chi connectivity index (χ2n) is 11.1. The summed E-state index contributed by atoms with van der Waals surface area (Å²) >= 11 is 0. The monoisotopic (exact) mass is 480 g/mol. The van der Waals surface area contributed by atoms with Crippen LogP contribution in [0, 0.1) is 23.7 Å². The van der Waals surface area contributed by atoms with E-state index in [2.05, 4.69) is 20.8 Å². The molecule has 5 aliphatic carbocycles. The summed E-state index contributed by atoms with van der Waals surface area (Å²) in [7, 11) is 0. The van der Waals surface area contributed by atoms with E-state index < -0.39 is 11.9 Å². The second-order valence-corrected chi connectivity index (χ2v) is 11.1. The van der Waals surface area contributed by atoms with E-state index in [4.69, 9.17) is 14.3 Å². The van der Waals surface area contributed by atoms with E-state index in [1.807, 2.05) is 0 Å². The fraction of sp³-hybridized carbons (Fsp3) is 0.615. The number of amides is 1. The molecule has 1 amide bonds. The molecule has 186 valence electrons. The van der Waals surface area contributed by atoms with Gasteiger partial charge in [-0.05, 0) is 106 Å². The van der Waals surface area contributed by atoms with Gasteiger partial charge in [-0.15, -0.1) is 5.10 Å². The van der Waals surface area contributed by atoms with Crippen molar-refractivity contribution in [2.24, 2.45) is 23.7 Å². The van der Waals surface area contributed by atoms with E-state index in [0.717, 1.165) is 49.9 Å². The maximum Gasteiger partial charge on any atom is 0.316 e. The maximum atomic E-state index is 12.7. The molecule has 9 nitrogen and oxygen atoms in total. The van der Waals surface area contributed by atoms with Crippen molar-refractivity contribution in [1.29, 1.82) is 0 Å². The number of carboxylic acids is 1. The van der Waals surface area contributed by atoms with Gasteiger partial charge in [-0.25, -0.2) is 0 Å². The zero-order valence-electron chi connectivity index (χ0n) is 19.7. The normalized spacial score (nSPS) is 33.3. The van der Waals surface area contributed by atoms with Gasteiger partial charge >= 0.3 is 23.8 Å². The Morgan fingerprint density at radius 2 is 1.57 bits per heavy atom. The van der Waals surface area contributed by atoms with Crippen LogP contribution in [0.1, 0.15) is 74.9 Å². The first kappa shape index (κ1) is 22.4. The minimum Gasteiger partial charge on any atom is -0.490 e. The Balaban J connectivity index is 1.02. The minimum atomic E-state index is -0.722. The SMILES string of the molecule is O=C(Nc1ccc(OC2CCC(C(=O)O)CC2)cc1)c1nnc(NC23CC4CC(CC(C4)C2)C3)o1. The molecule has 35 heavy (non-hydrogen) atoms. The Labute approximate surface area is 204 Å². The Morgan fingerprint density at radius 3 is 2.17 bits per heavy atom. The predicted molar refractivity (Wildman–Crippen MR) is 127 cm³/mol. The molecule has 3 N–H and O–H groups in total. The van der Waals surface area contributed by atoms with Crippen LogP contribution in [-0.2, 0) is 4.79 Å². The molecule has 0 saturated heterocycles. The number of nitrogens with one attached hydrogen (secondary N) is 2. The number of ether oxygens (including phenoxy) is 1. The highest BCUT2D eigenvalue weighted by Crippen LogP contribution is 2.56. The molecule has 7 rings (SSSR count). The third-order valence-electron chi connectivity index (χ3n) is 8.47. The summed E-state index contributed by atoms with van der Waals surface area (Å²) in [6.07, 6.45) is 10.3. The third kappa shape index (κ3) is 4.73. The molecular weight excluding hydrogens is 448 g/mol. The molecule has 5 fully saturated rings. The molecule has 0 spiro atoms. The van der Waals surface area contributed by atoms with Crippen LogP contribution in [0.4, 0.5) is 11.7 Å². The lowest BCUT2D eigenvalue weighted by molar-refractivity contribution is -0.143. The summed E-state index contributed by atoms with van der Waals surface area (Å²) in [4.78, 5) is 23.8. The van der Waals surface area contributed by atoms with Gasteiger partial charge in [0.1, 0.15) is 5.75 Å². The number of carbonyl (C=O) groups excluding carboxylic acids is 1. The number of nitrogens with zero attached hydrogens (tertiary/aromatic N) is 2. The van der Waals surface area contributed by atoms with E-state index in [1.54, 1.807) is 24.3 Å². The zero-order chi connectivity index (χ0) is 24.0. The van der Waals surface area contributed by atoms with Gasteiger partial charge in [0.25, 0.3) is 0 Å². The number of hydrogen-bond donors (Lipinski definition) is 3. The van der Waals surface area contributed by atoms with Gasteiger partial charge in [0.2, 0.25) is 0 Å². The van der Waals surface area contributed by atoms with Crippen molar-refractivity contribution < 1.29 is 23.8 Å². The van der Waals surface area contributed by atoms with E-state index in [1.165, 1.54) is 19.3 Å². The molecule has 9 heteroatoms. The van der Waals surface area contributed by atoms with Crippen molar-refractivity contribution in [3.8, 4) is 5.75 Å². The Bertz CT molecular complexity index is 1050. The lowest BCUT2D eigenvalue weighted by Gasteiger charge is -2.56. The Kier molecular flexibility index (Phi) is 5.65. The van der Waals surface area contributed by atoms with Crippen molar-refractivity contribution in [1.82, 2.24) is 10.2 Å². The molecule has 5 saturated carbocycles. The lowest BCUT2D eigenvalue weighted by Crippen LogP contribution is -2.54. The number of aromatic nitrogens is 2. The second kappa shape index (κ2) is 8.84. The molecule has 2 aromatic rings. The van der Waals surface area contributed by atoms with Crippen LogP contribution in [0.2, 0.25) is 0 Å². The van der Waals surface area contributed by atoms with E-state index in [9.17, 15) is 9.59 Å². The minimum absolute atomic E-state index is 0.0179. The van der Waals surface area contributed by atoms with Gasteiger partial charge in [0, 0.05) is 11.2 Å². The van der Waals surface area contributed by atoms with Crippen molar-refractivity contribution in [2.75, 3.05) is 10.6 Å². The number of aliphatic carboxylic acids is 1. The first-order chi connectivity index (χ1) is 16.9. The fourth-order valence-corrected chi connectivity index (χ4v) is 7.28. The maximum absolute atomic E-state index is 12.7. The molecule has 5 aliphatic rings. The van der Waals surface area contributed by atoms with Crippen LogP contribution < -0.4 is 15.4 Å². The molecule has 0 unspecified atom stereocenters. The predicted octanol–water partition coefficient (Wildman–Crippen LogP) is 4.72. The van der Waals surface area contributed by atoms with Gasteiger partial charge in [-0.3, -0.25) is 9.59 Å². The number of anilines is 2. The molecule has 1 heterocycles. The topological polar surface area (TPSA) is 127 Å². The van der Waals surface area contributed by atoms with Crippen molar-refractivity contribution in [2.45, 2.75) is 75.9 Å². The molecular formula is C26H32N4O5. The number of carboxylic acid groups (broad SMARTS) is 1. The Morgan fingerprint density at radius 1 is 0.943 bits per heavy atom. The van der Waals surface area contributed by atoms with E-state index in [0.29, 0.717) is 30.3 Å². The average molecular weight is 481 g/mol. The molecule has 4 bridgehead atoms. The molecule has 0 aliphatic heterocycles. The summed E-state index contributed by atoms with van der Waals surface area (Å²) < 4.78 is 11.7. The molecule has 0 radical (unpaired) electrons. The molecule has 0 atom stereocenters. The van der Waals surface area contributed by atoms with Gasteiger partial charge in [0.05, 0.1) is 12.0 Å². The van der Waals surface area contributed by atoms with Gasteiger partial charge in [-0.2, -0.15) is 0 Å². The number of carbonyl (C=O) groups is 2. The molecule has 1 aromatic heterocycles. The standard InChI is InChI=1S/C26H32N4O5/c31-22(27-19-3-7-21(8-4-19)34-20-5-1-18(2-6-20)24(32)33)23-29-30-25(35-23)28-26-12-15-9-16(13-26)11-17(10-15)14-26/h3-4,7-8,15-18,20H,1-2,5-6,9-14H2,(H,27,31)(H,28,30)(H,32,33). The van der Waals surface area contributed by atoms with Crippen LogP contribution in [0.25, 0.3) is 0 Å². The first-order valence-electron chi connectivity index (χ1n) is 12.9. The van der Waals surface area contributed by atoms with Crippen molar-refractivity contribution >= 4 is 23.6 Å². The highest BCUT2D eigenvalue weighted by atomic mass is 16.5. The van der Waals surface area contributed by atoms with Crippen LogP contribution >= 0.6 is 0 Å². The summed E-state index contributed by atoms with van der Waals surface area (Å²) in [5.41, 5.74) is 0.642. The van der Waals surface area contributed by atoms with Crippen molar-refractivity contribution in [3.05, 3.63) is 30.2 Å². The van der Waals surface area contributed by atoms with Crippen LogP contribution in [-0.4, -0.2) is 38.8 Å². The van der Waals surface area contributed by atoms with Gasteiger partial charge in [-0.1, -0.05) is 5.10 Å². The quantitative estimate of drug-likeness (QED) is 0.519. The van der Waals surface area contributed by atoms with Crippen molar-refractivity contribution in [3.63, 3.8) is 0 Å². The summed E-state index contributed by atoms with van der Waals surface area (Å²) in [5.74, 6) is 1.59. The largest absolute Gasteiger partial charge is 0.490 e. The lowest BCUT2D eigenvalue weighted by atomic mass is 9.53.